The van der Waals surface area contributed by atoms with Gasteiger partial charge in [0.25, 0.3) is 16.0 Å². The van der Waals surface area contributed by atoms with Crippen molar-refractivity contribution in [2.45, 2.75) is 11.4 Å². The van der Waals surface area contributed by atoms with Crippen molar-refractivity contribution in [1.82, 2.24) is 14.8 Å². The van der Waals surface area contributed by atoms with Crippen LogP contribution in [0.15, 0.2) is 53.7 Å². The average molecular weight is 385 g/mol. The Bertz CT molecular complexity index is 1020. The molecule has 1 heterocycles. The fourth-order valence-corrected chi connectivity index (χ4v) is 3.31. The van der Waals surface area contributed by atoms with E-state index in [2.05, 4.69) is 10.1 Å². The van der Waals surface area contributed by atoms with Gasteiger partial charge in [-0.15, -0.1) is 5.10 Å². The molecule has 2 aromatic carbocycles. The first-order valence-electron chi connectivity index (χ1n) is 6.96. The molecule has 0 saturated heterocycles. The zero-order chi connectivity index (χ0) is 18.0. The summed E-state index contributed by atoms with van der Waals surface area (Å²) in [7, 11) is -4.36. The first-order valence-corrected chi connectivity index (χ1v) is 8.82. The maximum Gasteiger partial charge on any atom is 0.267 e. The number of benzene rings is 2. The molecule has 0 amide bonds. The number of hydrogen-bond acceptors (Lipinski definition) is 4. The molecule has 0 aliphatic rings. The third kappa shape index (κ3) is 3.94. The van der Waals surface area contributed by atoms with Crippen molar-refractivity contribution in [3.63, 3.8) is 0 Å². The molecule has 0 atom stereocenters. The quantitative estimate of drug-likeness (QED) is 0.733. The van der Waals surface area contributed by atoms with Gasteiger partial charge in [-0.25, -0.2) is 26.6 Å². The Hall–Kier alpha value is -2.52. The minimum atomic E-state index is -4.36. The first-order chi connectivity index (χ1) is 11.8. The van der Waals surface area contributed by atoms with Crippen molar-refractivity contribution >= 4 is 27.6 Å². The number of anilines is 1. The second-order valence-corrected chi connectivity index (χ2v) is 7.10. The van der Waals surface area contributed by atoms with Gasteiger partial charge in [-0.1, -0.05) is 29.8 Å². The summed E-state index contributed by atoms with van der Waals surface area (Å²) >= 11 is 6.05. The van der Waals surface area contributed by atoms with E-state index >= 15 is 0 Å². The lowest BCUT2D eigenvalue weighted by Crippen LogP contribution is -2.16. The first kappa shape index (κ1) is 17.3. The van der Waals surface area contributed by atoms with Crippen LogP contribution >= 0.6 is 11.6 Å². The lowest BCUT2D eigenvalue weighted by atomic mass is 10.2. The van der Waals surface area contributed by atoms with Crippen LogP contribution in [0.25, 0.3) is 0 Å². The third-order valence-corrected chi connectivity index (χ3v) is 4.95. The molecule has 3 rings (SSSR count). The number of aromatic nitrogens is 3. The maximum atomic E-state index is 13.7. The summed E-state index contributed by atoms with van der Waals surface area (Å²) in [5, 5.41) is 4.48. The van der Waals surface area contributed by atoms with Gasteiger partial charge in [-0.3, -0.25) is 0 Å². The van der Waals surface area contributed by atoms with E-state index in [9.17, 15) is 17.2 Å². The number of hydrogen-bond donors (Lipinski definition) is 1. The Morgan fingerprint density at radius 2 is 1.92 bits per heavy atom. The van der Waals surface area contributed by atoms with Gasteiger partial charge in [0, 0.05) is 5.02 Å². The number of nitrogens with one attached hydrogen (secondary N) is 1. The lowest BCUT2D eigenvalue weighted by Gasteiger charge is -2.06. The molecule has 0 aliphatic carbocycles. The molecular formula is C15H11ClF2N4O2S. The molecule has 25 heavy (non-hydrogen) atoms. The number of rotatable bonds is 5. The number of nitrogens with zero attached hydrogens (tertiary/aromatic N) is 3. The van der Waals surface area contributed by atoms with E-state index in [0.717, 1.165) is 17.7 Å². The van der Waals surface area contributed by atoms with E-state index in [1.54, 1.807) is 24.3 Å². The van der Waals surface area contributed by atoms with Gasteiger partial charge >= 0.3 is 0 Å². The van der Waals surface area contributed by atoms with Gasteiger partial charge in [0.2, 0.25) is 0 Å². The molecule has 1 N–H and O–H groups in total. The Morgan fingerprint density at radius 3 is 2.68 bits per heavy atom. The SMILES string of the molecule is O=S(=O)(Nc1ncn(Cc2ccccc2Cl)n1)c1cc(F)ccc1F. The van der Waals surface area contributed by atoms with Crippen molar-refractivity contribution in [3.8, 4) is 0 Å². The highest BCUT2D eigenvalue weighted by molar-refractivity contribution is 7.92. The normalized spacial score (nSPS) is 11.5. The van der Waals surface area contributed by atoms with Crippen LogP contribution in [0.4, 0.5) is 14.7 Å². The van der Waals surface area contributed by atoms with Crippen molar-refractivity contribution in [2.24, 2.45) is 0 Å². The van der Waals surface area contributed by atoms with E-state index in [1.165, 1.54) is 11.0 Å². The van der Waals surface area contributed by atoms with Gasteiger partial charge in [0.05, 0.1) is 6.54 Å². The van der Waals surface area contributed by atoms with Crippen molar-refractivity contribution in [1.29, 1.82) is 0 Å². The highest BCUT2D eigenvalue weighted by atomic mass is 35.5. The molecular weight excluding hydrogens is 374 g/mol. The third-order valence-electron chi connectivity index (χ3n) is 3.24. The maximum absolute atomic E-state index is 13.7. The van der Waals surface area contributed by atoms with Crippen LogP contribution in [0.5, 0.6) is 0 Å². The molecule has 0 saturated carbocycles. The minimum absolute atomic E-state index is 0.267. The minimum Gasteiger partial charge on any atom is -0.246 e. The zero-order valence-electron chi connectivity index (χ0n) is 12.5. The van der Waals surface area contributed by atoms with Gasteiger partial charge < -0.3 is 0 Å². The van der Waals surface area contributed by atoms with Gasteiger partial charge in [0.1, 0.15) is 22.9 Å². The summed E-state index contributed by atoms with van der Waals surface area (Å²) in [4.78, 5) is 2.98. The lowest BCUT2D eigenvalue weighted by molar-refractivity contribution is 0.555. The second-order valence-electron chi connectivity index (χ2n) is 5.04. The molecule has 10 heteroatoms. The number of halogens is 3. The molecule has 0 radical (unpaired) electrons. The average Bonchev–Trinajstić information content (AvgIpc) is 2.98. The molecule has 0 unspecified atom stereocenters. The van der Waals surface area contributed by atoms with E-state index in [-0.39, 0.29) is 12.5 Å². The zero-order valence-corrected chi connectivity index (χ0v) is 14.1. The summed E-state index contributed by atoms with van der Waals surface area (Å²) in [6, 6.07) is 9.21. The Labute approximate surface area is 147 Å². The second kappa shape index (κ2) is 6.77. The Kier molecular flexibility index (Phi) is 4.69. The number of sulfonamides is 1. The summed E-state index contributed by atoms with van der Waals surface area (Å²) < 4.78 is 54.6. The summed E-state index contributed by atoms with van der Waals surface area (Å²) in [5.74, 6) is -2.22. The largest absolute Gasteiger partial charge is 0.267 e. The monoisotopic (exact) mass is 384 g/mol. The molecule has 130 valence electrons. The van der Waals surface area contributed by atoms with Crippen LogP contribution in [-0.4, -0.2) is 23.2 Å². The fraction of sp³-hybridized carbons (Fsp3) is 0.0667. The van der Waals surface area contributed by atoms with Crippen LogP contribution in [0.2, 0.25) is 5.02 Å². The summed E-state index contributed by atoms with van der Waals surface area (Å²) in [6.45, 7) is 0.267. The highest BCUT2D eigenvalue weighted by Crippen LogP contribution is 2.19. The Balaban J connectivity index is 1.81. The highest BCUT2D eigenvalue weighted by Gasteiger charge is 2.21. The molecule has 6 nitrogen and oxygen atoms in total. The molecule has 0 spiro atoms. The summed E-state index contributed by atoms with van der Waals surface area (Å²) in [6.07, 6.45) is 1.29. The van der Waals surface area contributed by atoms with Crippen LogP contribution in [-0.2, 0) is 16.6 Å². The van der Waals surface area contributed by atoms with Gasteiger partial charge in [0.15, 0.2) is 0 Å². The van der Waals surface area contributed by atoms with Crippen molar-refractivity contribution in [3.05, 3.63) is 71.0 Å². The standard InChI is InChI=1S/C15H11ClF2N4O2S/c16-12-4-2-1-3-10(12)8-22-9-19-15(20-22)21-25(23,24)14-7-11(17)5-6-13(14)18/h1-7,9H,8H2,(H,20,21). The summed E-state index contributed by atoms with van der Waals surface area (Å²) in [5.41, 5.74) is 0.764. The molecule has 0 bridgehead atoms. The van der Waals surface area contributed by atoms with Gasteiger partial charge in [-0.2, -0.15) is 4.98 Å². The molecule has 3 aromatic rings. The van der Waals surface area contributed by atoms with E-state index in [4.69, 9.17) is 11.6 Å². The van der Waals surface area contributed by atoms with Crippen molar-refractivity contribution < 1.29 is 17.2 Å². The molecule has 1 aromatic heterocycles. The molecule has 0 fully saturated rings. The van der Waals surface area contributed by atoms with Gasteiger partial charge in [-0.05, 0) is 29.8 Å². The fourth-order valence-electron chi connectivity index (χ4n) is 2.08. The Morgan fingerprint density at radius 1 is 1.16 bits per heavy atom. The predicted molar refractivity (Wildman–Crippen MR) is 87.7 cm³/mol. The van der Waals surface area contributed by atoms with Crippen LogP contribution in [0.3, 0.4) is 0 Å². The smallest absolute Gasteiger partial charge is 0.246 e. The van der Waals surface area contributed by atoms with Crippen LogP contribution in [0.1, 0.15) is 5.56 Å². The van der Waals surface area contributed by atoms with Crippen molar-refractivity contribution in [2.75, 3.05) is 4.72 Å². The van der Waals surface area contributed by atoms with Crippen LogP contribution < -0.4 is 4.72 Å². The topological polar surface area (TPSA) is 76.9 Å². The van der Waals surface area contributed by atoms with Crippen LogP contribution in [0, 0.1) is 11.6 Å². The predicted octanol–water partition coefficient (Wildman–Crippen LogP) is 3.06. The van der Waals surface area contributed by atoms with E-state index in [0.29, 0.717) is 11.1 Å². The molecule has 0 aliphatic heterocycles. The van der Waals surface area contributed by atoms with E-state index < -0.39 is 26.6 Å². The van der Waals surface area contributed by atoms with E-state index in [1.807, 2.05) is 4.72 Å².